The highest BCUT2D eigenvalue weighted by atomic mass is 35.5. The molecule has 3 aliphatic rings. The predicted molar refractivity (Wildman–Crippen MR) is 101 cm³/mol. The number of anilines is 1. The first kappa shape index (κ1) is 17.6. The number of alkyl halides is 1. The van der Waals surface area contributed by atoms with E-state index in [1.165, 1.54) is 19.3 Å². The fraction of sp³-hybridized carbons (Fsp3) is 0.737. The lowest BCUT2D eigenvalue weighted by Crippen LogP contribution is -2.24. The molecule has 0 amide bonds. The van der Waals surface area contributed by atoms with Crippen molar-refractivity contribution in [3.8, 4) is 0 Å². The first-order chi connectivity index (χ1) is 13.1. The van der Waals surface area contributed by atoms with Gasteiger partial charge < -0.3 is 9.64 Å². The van der Waals surface area contributed by atoms with Gasteiger partial charge in [0.15, 0.2) is 11.5 Å². The summed E-state index contributed by atoms with van der Waals surface area (Å²) in [6.45, 7) is 5.89. The highest BCUT2D eigenvalue weighted by Gasteiger charge is 2.44. The first-order valence-electron chi connectivity index (χ1n) is 10.0. The molecule has 27 heavy (non-hydrogen) atoms. The molecule has 4 heterocycles. The molecule has 146 valence electrons. The summed E-state index contributed by atoms with van der Waals surface area (Å²) in [5.41, 5.74) is 1.25. The molecule has 2 aromatic rings. The van der Waals surface area contributed by atoms with Crippen LogP contribution in [0.25, 0.3) is 5.65 Å². The summed E-state index contributed by atoms with van der Waals surface area (Å²) in [4.78, 5) is 11.3. The summed E-state index contributed by atoms with van der Waals surface area (Å²) >= 11 is 6.25. The van der Waals surface area contributed by atoms with Crippen LogP contribution in [0.3, 0.4) is 0 Å². The van der Waals surface area contributed by atoms with Crippen molar-refractivity contribution >= 4 is 23.1 Å². The number of nitrogens with zero attached hydrogens (tertiary/aromatic N) is 5. The van der Waals surface area contributed by atoms with E-state index in [1.54, 1.807) is 10.7 Å². The van der Waals surface area contributed by atoms with Crippen molar-refractivity contribution in [2.75, 3.05) is 18.0 Å². The molecule has 1 saturated carbocycles. The number of ether oxygens (including phenoxy) is 1. The minimum Gasteiger partial charge on any atom is -0.365 e. The molecule has 8 heteroatoms. The van der Waals surface area contributed by atoms with E-state index < -0.39 is 12.3 Å². The van der Waals surface area contributed by atoms with E-state index in [9.17, 15) is 4.39 Å². The second kappa shape index (κ2) is 6.55. The molecular weight excluding hydrogens is 369 g/mol. The van der Waals surface area contributed by atoms with E-state index >= 15 is 0 Å². The monoisotopic (exact) mass is 393 g/mol. The molecule has 5 rings (SSSR count). The number of rotatable bonds is 3. The second-order valence-electron chi connectivity index (χ2n) is 8.29. The van der Waals surface area contributed by atoms with Gasteiger partial charge >= 0.3 is 0 Å². The maximum atomic E-state index is 14.9. The Kier molecular flexibility index (Phi) is 4.27. The third kappa shape index (κ3) is 2.73. The highest BCUT2D eigenvalue weighted by molar-refractivity contribution is 6.28. The van der Waals surface area contributed by atoms with Crippen LogP contribution < -0.4 is 4.90 Å². The number of aromatic nitrogens is 4. The van der Waals surface area contributed by atoms with Gasteiger partial charge in [0.25, 0.3) is 0 Å². The zero-order chi connectivity index (χ0) is 18.7. The van der Waals surface area contributed by atoms with Crippen molar-refractivity contribution < 1.29 is 9.13 Å². The summed E-state index contributed by atoms with van der Waals surface area (Å²) in [7, 11) is 0. The molecule has 6 nitrogen and oxygen atoms in total. The van der Waals surface area contributed by atoms with E-state index in [-0.39, 0.29) is 17.3 Å². The molecule has 2 aromatic heterocycles. The van der Waals surface area contributed by atoms with E-state index in [2.05, 4.69) is 20.0 Å². The van der Waals surface area contributed by atoms with Crippen LogP contribution >= 0.6 is 11.6 Å². The molecule has 0 N–H and O–H groups in total. The van der Waals surface area contributed by atoms with E-state index in [1.807, 2.05) is 13.8 Å². The Balaban J connectivity index is 1.53. The van der Waals surface area contributed by atoms with Gasteiger partial charge in [0.05, 0.1) is 18.0 Å². The minimum absolute atomic E-state index is 0.0923. The van der Waals surface area contributed by atoms with Crippen LogP contribution in [0.2, 0.25) is 5.28 Å². The molecule has 2 saturated heterocycles. The van der Waals surface area contributed by atoms with Gasteiger partial charge in [-0.05, 0) is 42.7 Å². The molecule has 1 aliphatic carbocycles. The van der Waals surface area contributed by atoms with Crippen molar-refractivity contribution in [3.05, 3.63) is 17.2 Å². The first-order valence-corrected chi connectivity index (χ1v) is 10.4. The maximum Gasteiger partial charge on any atom is 0.243 e. The fourth-order valence-corrected chi connectivity index (χ4v) is 5.40. The SMILES string of the molecule is CC[C@H]1O[C@@H](c2cnc3c(N4CC5CCCC5C4)nc(Cl)nn23)[C@@H](F)[C@@H]1C. The van der Waals surface area contributed by atoms with Gasteiger partial charge in [-0.3, -0.25) is 0 Å². The Morgan fingerprint density at radius 3 is 2.70 bits per heavy atom. The standard InChI is InChI=1S/C19H25ClFN5O/c1-3-14-10(2)15(21)16(27-14)13-7-22-17-18(23-19(20)24-26(13)17)25-8-11-5-4-6-12(11)9-25/h7,10-12,14-16H,3-6,8-9H2,1-2H3/t10-,11?,12?,14-,15+,16+/m1/s1. The fourth-order valence-electron chi connectivity index (χ4n) is 5.24. The Morgan fingerprint density at radius 2 is 2.04 bits per heavy atom. The van der Waals surface area contributed by atoms with Crippen LogP contribution in [0, 0.1) is 17.8 Å². The summed E-state index contributed by atoms with van der Waals surface area (Å²) in [6.07, 6.45) is 4.50. The van der Waals surface area contributed by atoms with Gasteiger partial charge in [-0.15, -0.1) is 5.10 Å². The highest BCUT2D eigenvalue weighted by Crippen LogP contribution is 2.42. The van der Waals surface area contributed by atoms with Gasteiger partial charge in [0, 0.05) is 19.0 Å². The largest absolute Gasteiger partial charge is 0.365 e. The van der Waals surface area contributed by atoms with Gasteiger partial charge in [0.2, 0.25) is 5.28 Å². The van der Waals surface area contributed by atoms with Gasteiger partial charge in [-0.25, -0.2) is 13.9 Å². The number of halogens is 2. The van der Waals surface area contributed by atoms with Gasteiger partial charge in [-0.2, -0.15) is 4.98 Å². The number of hydrogen-bond acceptors (Lipinski definition) is 5. The van der Waals surface area contributed by atoms with Crippen LogP contribution in [-0.4, -0.2) is 44.9 Å². The Morgan fingerprint density at radius 1 is 1.30 bits per heavy atom. The van der Waals surface area contributed by atoms with Crippen LogP contribution in [-0.2, 0) is 4.74 Å². The maximum absolute atomic E-state index is 14.9. The van der Waals surface area contributed by atoms with E-state index in [0.29, 0.717) is 11.3 Å². The molecule has 0 bridgehead atoms. The van der Waals surface area contributed by atoms with Crippen molar-refractivity contribution in [2.45, 2.75) is 57.9 Å². The summed E-state index contributed by atoms with van der Waals surface area (Å²) < 4.78 is 22.6. The molecule has 0 aromatic carbocycles. The van der Waals surface area contributed by atoms with Crippen LogP contribution in [0.5, 0.6) is 0 Å². The Bertz CT molecular complexity index is 848. The molecule has 0 spiro atoms. The van der Waals surface area contributed by atoms with E-state index in [4.69, 9.17) is 16.3 Å². The number of hydrogen-bond donors (Lipinski definition) is 0. The van der Waals surface area contributed by atoms with Crippen LogP contribution in [0.15, 0.2) is 6.20 Å². The van der Waals surface area contributed by atoms with Gasteiger partial charge in [0.1, 0.15) is 12.3 Å². The molecular formula is C19H25ClFN5O. The van der Waals surface area contributed by atoms with Crippen molar-refractivity contribution in [2.24, 2.45) is 17.8 Å². The lowest BCUT2D eigenvalue weighted by atomic mass is 9.97. The van der Waals surface area contributed by atoms with Crippen LogP contribution in [0.1, 0.15) is 51.3 Å². The third-order valence-electron chi connectivity index (χ3n) is 6.76. The number of imidazole rings is 1. The molecule has 6 atom stereocenters. The predicted octanol–water partition coefficient (Wildman–Crippen LogP) is 3.84. The third-order valence-corrected chi connectivity index (χ3v) is 6.92. The smallest absolute Gasteiger partial charge is 0.243 e. The molecule has 2 unspecified atom stereocenters. The summed E-state index contributed by atoms with van der Waals surface area (Å²) in [6, 6.07) is 0. The minimum atomic E-state index is -1.09. The zero-order valence-electron chi connectivity index (χ0n) is 15.7. The average molecular weight is 394 g/mol. The quantitative estimate of drug-likeness (QED) is 0.793. The lowest BCUT2D eigenvalue weighted by molar-refractivity contribution is 0.0196. The number of fused-ring (bicyclic) bond motifs is 2. The van der Waals surface area contributed by atoms with Crippen molar-refractivity contribution in [1.82, 2.24) is 19.6 Å². The molecule has 3 fully saturated rings. The second-order valence-corrected chi connectivity index (χ2v) is 8.62. The normalized spacial score (nSPS) is 36.1. The topological polar surface area (TPSA) is 55.5 Å². The lowest BCUT2D eigenvalue weighted by Gasteiger charge is -2.19. The Labute approximate surface area is 163 Å². The van der Waals surface area contributed by atoms with E-state index in [0.717, 1.165) is 37.2 Å². The van der Waals surface area contributed by atoms with Crippen molar-refractivity contribution in [1.29, 1.82) is 0 Å². The van der Waals surface area contributed by atoms with Crippen LogP contribution in [0.4, 0.5) is 10.2 Å². The van der Waals surface area contributed by atoms with Gasteiger partial charge in [-0.1, -0.05) is 20.3 Å². The summed E-state index contributed by atoms with van der Waals surface area (Å²) in [5, 5.41) is 4.48. The molecule has 0 radical (unpaired) electrons. The summed E-state index contributed by atoms with van der Waals surface area (Å²) in [5.74, 6) is 2.06. The average Bonchev–Trinajstić information content (AvgIpc) is 3.39. The van der Waals surface area contributed by atoms with Crippen molar-refractivity contribution in [3.63, 3.8) is 0 Å². The molecule has 2 aliphatic heterocycles. The zero-order valence-corrected chi connectivity index (χ0v) is 16.4. The Hall–Kier alpha value is -1.47.